The maximum atomic E-state index is 13.5. The van der Waals surface area contributed by atoms with E-state index in [4.69, 9.17) is 21.7 Å². The molecule has 0 amide bonds. The number of nitro groups is 1. The van der Waals surface area contributed by atoms with E-state index in [2.05, 4.69) is 5.32 Å². The third-order valence-electron chi connectivity index (χ3n) is 5.32. The van der Waals surface area contributed by atoms with Crippen LogP contribution < -0.4 is 15.0 Å². The number of thiocarbonyl (C=S) groups is 1. The van der Waals surface area contributed by atoms with Gasteiger partial charge in [0.05, 0.1) is 17.6 Å². The summed E-state index contributed by atoms with van der Waals surface area (Å²) in [7, 11) is 0. The largest absolute Gasteiger partial charge is 0.466 e. The minimum atomic E-state index is -1.31. The van der Waals surface area contributed by atoms with Crippen molar-refractivity contribution in [1.82, 2.24) is 5.32 Å². The van der Waals surface area contributed by atoms with Crippen molar-refractivity contribution in [2.45, 2.75) is 25.6 Å². The van der Waals surface area contributed by atoms with E-state index in [0.717, 1.165) is 0 Å². The van der Waals surface area contributed by atoms with Gasteiger partial charge in [0.2, 0.25) is 5.72 Å². The van der Waals surface area contributed by atoms with Crippen LogP contribution >= 0.6 is 12.2 Å². The minimum Gasteiger partial charge on any atom is -0.466 e. The average Bonchev–Trinajstić information content (AvgIpc) is 2.68. The zero-order valence-electron chi connectivity index (χ0n) is 16.1. The fourth-order valence-electron chi connectivity index (χ4n) is 4.06. The van der Waals surface area contributed by atoms with E-state index in [-0.39, 0.29) is 17.4 Å². The lowest BCUT2D eigenvalue weighted by Gasteiger charge is -2.55. The van der Waals surface area contributed by atoms with Crippen LogP contribution in [0.3, 0.4) is 0 Å². The number of nitrogens with one attached hydrogen (secondary N) is 1. The van der Waals surface area contributed by atoms with Gasteiger partial charge in [-0.15, -0.1) is 0 Å². The summed E-state index contributed by atoms with van der Waals surface area (Å²) in [6.45, 7) is 3.54. The average molecular weight is 431 g/mol. The van der Waals surface area contributed by atoms with Crippen LogP contribution in [-0.4, -0.2) is 28.3 Å². The predicted molar refractivity (Wildman–Crippen MR) is 110 cm³/mol. The number of ether oxygens (including phenoxy) is 2. The van der Waals surface area contributed by atoms with Crippen LogP contribution in [0.4, 0.5) is 15.8 Å². The second-order valence-corrected chi connectivity index (χ2v) is 7.49. The van der Waals surface area contributed by atoms with E-state index in [1.165, 1.54) is 42.5 Å². The van der Waals surface area contributed by atoms with Crippen LogP contribution in [0.15, 0.2) is 42.5 Å². The van der Waals surface area contributed by atoms with Crippen LogP contribution in [0.2, 0.25) is 0 Å². The molecule has 2 heterocycles. The number of anilines is 1. The Morgan fingerprint density at radius 2 is 2.07 bits per heavy atom. The molecule has 0 radical (unpaired) electrons. The molecule has 1 N–H and O–H groups in total. The Hall–Kier alpha value is -3.27. The number of carbonyl (C=O) groups is 1. The quantitative estimate of drug-likeness (QED) is 0.341. The lowest BCUT2D eigenvalue weighted by atomic mass is 9.79. The highest BCUT2D eigenvalue weighted by Crippen LogP contribution is 2.50. The van der Waals surface area contributed by atoms with E-state index in [0.29, 0.717) is 17.0 Å². The van der Waals surface area contributed by atoms with Crippen molar-refractivity contribution in [3.63, 3.8) is 0 Å². The molecule has 1 fully saturated rings. The maximum absolute atomic E-state index is 13.5. The van der Waals surface area contributed by atoms with Gasteiger partial charge in [-0.1, -0.05) is 0 Å². The second-order valence-electron chi connectivity index (χ2n) is 7.10. The first kappa shape index (κ1) is 20.0. The van der Waals surface area contributed by atoms with E-state index in [1.807, 2.05) is 0 Å². The van der Waals surface area contributed by atoms with Gasteiger partial charge in [0.25, 0.3) is 5.69 Å². The molecule has 0 saturated carbocycles. The lowest BCUT2D eigenvalue weighted by Crippen LogP contribution is -2.71. The van der Waals surface area contributed by atoms with Crippen molar-refractivity contribution < 1.29 is 23.6 Å². The molecule has 2 aliphatic heterocycles. The summed E-state index contributed by atoms with van der Waals surface area (Å²) in [5, 5.41) is 14.6. The number of rotatable bonds is 4. The number of esters is 1. The van der Waals surface area contributed by atoms with Crippen molar-refractivity contribution >= 4 is 34.7 Å². The summed E-state index contributed by atoms with van der Waals surface area (Å²) in [6.07, 6.45) is 0. The Bertz CT molecular complexity index is 1050. The van der Waals surface area contributed by atoms with Crippen LogP contribution in [0.25, 0.3) is 0 Å². The van der Waals surface area contributed by atoms with Gasteiger partial charge >= 0.3 is 5.97 Å². The van der Waals surface area contributed by atoms with Gasteiger partial charge in [0.1, 0.15) is 17.5 Å². The third kappa shape index (κ3) is 3.04. The molecule has 10 heteroatoms. The van der Waals surface area contributed by atoms with E-state index in [9.17, 15) is 19.3 Å². The van der Waals surface area contributed by atoms with Gasteiger partial charge < -0.3 is 14.8 Å². The van der Waals surface area contributed by atoms with Crippen molar-refractivity contribution in [2.24, 2.45) is 5.92 Å². The predicted octanol–water partition coefficient (Wildman–Crippen LogP) is 3.46. The molecule has 8 nitrogen and oxygen atoms in total. The fraction of sp³-hybridized carbons (Fsp3) is 0.300. The zero-order chi connectivity index (χ0) is 21.6. The summed E-state index contributed by atoms with van der Waals surface area (Å²) in [5.41, 5.74) is -0.465. The Kier molecular flexibility index (Phi) is 4.81. The first-order valence-electron chi connectivity index (χ1n) is 9.26. The number of benzene rings is 2. The number of carbonyl (C=O) groups excluding carboxylic acids is 1. The zero-order valence-corrected chi connectivity index (χ0v) is 16.9. The van der Waals surface area contributed by atoms with E-state index < -0.39 is 34.4 Å². The normalized spacial score (nSPS) is 24.4. The molecule has 0 aliphatic carbocycles. The first-order valence-corrected chi connectivity index (χ1v) is 9.67. The van der Waals surface area contributed by atoms with Gasteiger partial charge in [-0.3, -0.25) is 19.8 Å². The topological polar surface area (TPSA) is 93.9 Å². The van der Waals surface area contributed by atoms with Crippen molar-refractivity contribution in [2.75, 3.05) is 11.5 Å². The maximum Gasteiger partial charge on any atom is 0.317 e. The van der Waals surface area contributed by atoms with Gasteiger partial charge in [-0.25, -0.2) is 4.39 Å². The van der Waals surface area contributed by atoms with Crippen molar-refractivity contribution in [1.29, 1.82) is 0 Å². The molecule has 4 rings (SSSR count). The number of non-ortho nitro benzene ring substituents is 1. The second kappa shape index (κ2) is 7.21. The van der Waals surface area contributed by atoms with Gasteiger partial charge in [-0.05, 0) is 56.4 Å². The van der Waals surface area contributed by atoms with E-state index >= 15 is 0 Å². The standard InChI is InChI=1S/C20H18FN3O5S/c1-3-28-18(25)16-17-14-10-13(24(26)27)8-9-15(14)29-20(16,2)23(19(30)22-17)12-6-4-11(21)5-7-12/h4-10,16-17H,3H2,1-2H3,(H,22,30)/t16-,17-,20-/m0/s1. The van der Waals surface area contributed by atoms with Crippen LogP contribution in [0.1, 0.15) is 25.5 Å². The first-order chi connectivity index (χ1) is 14.3. The molecular formula is C20H18FN3O5S. The van der Waals surface area contributed by atoms with Crippen molar-refractivity contribution in [3.05, 3.63) is 64.0 Å². The molecule has 2 aromatic rings. The Balaban J connectivity index is 1.89. The molecule has 0 aromatic heterocycles. The summed E-state index contributed by atoms with van der Waals surface area (Å²) >= 11 is 5.54. The SMILES string of the molecule is CCOC(=O)[C@@H]1[C@H]2NC(=S)N(c3ccc(F)cc3)[C@@]1(C)Oc1ccc([N+](=O)[O-])cc12. The summed E-state index contributed by atoms with van der Waals surface area (Å²) in [6, 6.07) is 9.15. The number of hydrogen-bond donors (Lipinski definition) is 1. The van der Waals surface area contributed by atoms with Crippen LogP contribution in [0.5, 0.6) is 5.75 Å². The van der Waals surface area contributed by atoms with Crippen LogP contribution in [-0.2, 0) is 9.53 Å². The van der Waals surface area contributed by atoms with Gasteiger partial charge in [0.15, 0.2) is 5.11 Å². The lowest BCUT2D eigenvalue weighted by molar-refractivity contribution is -0.385. The highest BCUT2D eigenvalue weighted by molar-refractivity contribution is 7.80. The summed E-state index contributed by atoms with van der Waals surface area (Å²) in [5.74, 6) is -1.47. The fourth-order valence-corrected chi connectivity index (χ4v) is 4.47. The summed E-state index contributed by atoms with van der Waals surface area (Å²) < 4.78 is 25.0. The third-order valence-corrected chi connectivity index (χ3v) is 5.62. The van der Waals surface area contributed by atoms with Gasteiger partial charge in [0, 0.05) is 23.4 Å². The molecule has 156 valence electrons. The van der Waals surface area contributed by atoms with E-state index in [1.54, 1.807) is 18.7 Å². The Morgan fingerprint density at radius 1 is 1.37 bits per heavy atom. The molecule has 3 atom stereocenters. The molecule has 2 aliphatic rings. The molecule has 0 spiro atoms. The van der Waals surface area contributed by atoms with Gasteiger partial charge in [-0.2, -0.15) is 0 Å². The molecule has 0 unspecified atom stereocenters. The molecule has 2 bridgehead atoms. The molecular weight excluding hydrogens is 413 g/mol. The monoisotopic (exact) mass is 431 g/mol. The number of hydrogen-bond acceptors (Lipinski definition) is 6. The van der Waals surface area contributed by atoms with Crippen molar-refractivity contribution in [3.8, 4) is 5.75 Å². The molecule has 30 heavy (non-hydrogen) atoms. The summed E-state index contributed by atoms with van der Waals surface area (Å²) in [4.78, 5) is 25.3. The van der Waals surface area contributed by atoms with Crippen LogP contribution in [0, 0.1) is 21.8 Å². The number of nitro benzene ring substituents is 1. The Labute approximate surface area is 176 Å². The number of fused-ring (bicyclic) bond motifs is 4. The number of nitrogens with zero attached hydrogens (tertiary/aromatic N) is 2. The molecule has 2 aromatic carbocycles. The molecule has 1 saturated heterocycles. The Morgan fingerprint density at radius 3 is 2.70 bits per heavy atom. The number of halogens is 1. The highest BCUT2D eigenvalue weighted by atomic mass is 32.1. The minimum absolute atomic E-state index is 0.128. The smallest absolute Gasteiger partial charge is 0.317 e. The highest BCUT2D eigenvalue weighted by Gasteiger charge is 2.60.